The van der Waals surface area contributed by atoms with Gasteiger partial charge in [-0.1, -0.05) is 6.07 Å². The Balaban J connectivity index is 2.19. The summed E-state index contributed by atoms with van der Waals surface area (Å²) in [5, 5.41) is 8.23. The van der Waals surface area contributed by atoms with Crippen LogP contribution in [0.25, 0.3) is 5.69 Å². The van der Waals surface area contributed by atoms with Crippen LogP contribution in [0.15, 0.2) is 52.4 Å². The molecule has 172 valence electrons. The standard InChI is InChI=1S/C21H25F3N6O2/c1-6-29(16(4)13-32-20(25-5)26-12-15(3)21(22,23)24)19(31)17-8-7-14(2)11-18(17)30-27-9-10-28-30/h7-12,16H,5-6,13H2,1-4H3/b15-12+,26-20?/t16-/m0/s1. The fraction of sp³-hybridized carbons (Fsp3) is 0.381. The van der Waals surface area contributed by atoms with E-state index in [0.29, 0.717) is 24.0 Å². The molecule has 0 spiro atoms. The third-order valence-electron chi connectivity index (χ3n) is 4.56. The van der Waals surface area contributed by atoms with E-state index in [0.717, 1.165) is 12.5 Å². The largest absolute Gasteiger partial charge is 0.461 e. The van der Waals surface area contributed by atoms with Gasteiger partial charge in [-0.25, -0.2) is 9.98 Å². The number of halogens is 3. The fourth-order valence-electron chi connectivity index (χ4n) is 2.77. The number of aliphatic imine (C=N–C) groups is 2. The van der Waals surface area contributed by atoms with Crippen LogP contribution in [0.4, 0.5) is 13.2 Å². The molecule has 0 saturated heterocycles. The van der Waals surface area contributed by atoms with Crippen LogP contribution in [-0.4, -0.2) is 63.9 Å². The summed E-state index contributed by atoms with van der Waals surface area (Å²) >= 11 is 0. The average Bonchev–Trinajstić information content (AvgIpc) is 3.28. The molecule has 0 saturated carbocycles. The molecular formula is C21H25F3N6O2. The molecule has 11 heteroatoms. The minimum atomic E-state index is -4.50. The maximum absolute atomic E-state index is 13.3. The second-order valence-electron chi connectivity index (χ2n) is 6.97. The zero-order valence-electron chi connectivity index (χ0n) is 18.3. The molecule has 32 heavy (non-hydrogen) atoms. The zero-order chi connectivity index (χ0) is 23.9. The van der Waals surface area contributed by atoms with E-state index in [4.69, 9.17) is 4.74 Å². The molecule has 2 rings (SSSR count). The van der Waals surface area contributed by atoms with Gasteiger partial charge in [-0.2, -0.15) is 28.2 Å². The van der Waals surface area contributed by atoms with Crippen LogP contribution >= 0.6 is 0 Å². The van der Waals surface area contributed by atoms with Crippen LogP contribution in [-0.2, 0) is 4.74 Å². The number of amides is 1. The first kappa shape index (κ1) is 24.8. The lowest BCUT2D eigenvalue weighted by Gasteiger charge is -2.28. The van der Waals surface area contributed by atoms with Crippen molar-refractivity contribution in [2.45, 2.75) is 39.9 Å². The van der Waals surface area contributed by atoms with Gasteiger partial charge < -0.3 is 9.64 Å². The molecule has 0 fully saturated rings. The summed E-state index contributed by atoms with van der Waals surface area (Å²) in [4.78, 5) is 23.3. The predicted octanol–water partition coefficient (Wildman–Crippen LogP) is 3.97. The van der Waals surface area contributed by atoms with Crippen LogP contribution in [0.2, 0.25) is 0 Å². The van der Waals surface area contributed by atoms with Crippen LogP contribution in [0.5, 0.6) is 0 Å². The molecule has 1 atom stereocenters. The molecule has 8 nitrogen and oxygen atoms in total. The molecule has 0 aliphatic heterocycles. The van der Waals surface area contributed by atoms with Crippen LogP contribution in [0.1, 0.15) is 36.7 Å². The average molecular weight is 450 g/mol. The first-order chi connectivity index (χ1) is 15.1. The highest BCUT2D eigenvalue weighted by atomic mass is 19.4. The van der Waals surface area contributed by atoms with Crippen molar-refractivity contribution in [2.24, 2.45) is 9.98 Å². The van der Waals surface area contributed by atoms with Gasteiger partial charge in [0.05, 0.1) is 29.7 Å². The summed E-state index contributed by atoms with van der Waals surface area (Å²) in [5.41, 5.74) is 0.975. The van der Waals surface area contributed by atoms with Crippen LogP contribution in [0.3, 0.4) is 0 Å². The molecular weight excluding hydrogens is 425 g/mol. The molecule has 1 aromatic carbocycles. The highest BCUT2D eigenvalue weighted by molar-refractivity contribution is 5.98. The number of aryl methyl sites for hydroxylation is 1. The second-order valence-corrected chi connectivity index (χ2v) is 6.97. The molecule has 0 unspecified atom stereocenters. The number of likely N-dealkylation sites (N-methyl/N-ethyl adjacent to an activating group) is 1. The third-order valence-corrected chi connectivity index (χ3v) is 4.56. The van der Waals surface area contributed by atoms with Crippen molar-refractivity contribution < 1.29 is 22.7 Å². The van der Waals surface area contributed by atoms with Gasteiger partial charge in [-0.3, -0.25) is 4.79 Å². The summed E-state index contributed by atoms with van der Waals surface area (Å²) in [6, 6.07) is 4.57. The van der Waals surface area contributed by atoms with Gasteiger partial charge in [0.25, 0.3) is 5.91 Å². The SMILES string of the molecule is C=NC(=N/C=C(\C)C(F)(F)F)OC[C@H](C)N(CC)C(=O)c1ccc(C)cc1-n1nccn1. The van der Waals surface area contributed by atoms with Crippen molar-refractivity contribution in [2.75, 3.05) is 13.2 Å². The van der Waals surface area contributed by atoms with Gasteiger partial charge in [0, 0.05) is 18.3 Å². The van der Waals surface area contributed by atoms with Crippen molar-refractivity contribution in [3.05, 3.63) is 53.5 Å². The quantitative estimate of drug-likeness (QED) is 0.472. The Morgan fingerprint density at radius 1 is 1.34 bits per heavy atom. The number of nitrogens with zero attached hydrogens (tertiary/aromatic N) is 6. The lowest BCUT2D eigenvalue weighted by atomic mass is 10.1. The number of rotatable bonds is 7. The maximum Gasteiger partial charge on any atom is 0.413 e. The maximum atomic E-state index is 13.3. The van der Waals surface area contributed by atoms with E-state index in [9.17, 15) is 18.0 Å². The topological polar surface area (TPSA) is 85.0 Å². The van der Waals surface area contributed by atoms with Gasteiger partial charge >= 0.3 is 12.2 Å². The highest BCUT2D eigenvalue weighted by Gasteiger charge is 2.30. The number of hydrogen-bond acceptors (Lipinski definition) is 5. The third kappa shape index (κ3) is 6.25. The number of aromatic nitrogens is 3. The Labute approximate surface area is 184 Å². The summed E-state index contributed by atoms with van der Waals surface area (Å²) in [6.07, 6.45) is -0.845. The first-order valence-electron chi connectivity index (χ1n) is 9.78. The number of alkyl halides is 3. The summed E-state index contributed by atoms with van der Waals surface area (Å²) in [5.74, 6) is -0.270. The fourth-order valence-corrected chi connectivity index (χ4v) is 2.77. The lowest BCUT2D eigenvalue weighted by molar-refractivity contribution is -0.0915. The predicted molar refractivity (Wildman–Crippen MR) is 115 cm³/mol. The number of hydrogen-bond donors (Lipinski definition) is 0. The van der Waals surface area contributed by atoms with Gasteiger partial charge in [0.2, 0.25) is 0 Å². The van der Waals surface area contributed by atoms with E-state index in [2.05, 4.69) is 26.9 Å². The van der Waals surface area contributed by atoms with Gasteiger partial charge in [-0.05, 0) is 52.1 Å². The van der Waals surface area contributed by atoms with Gasteiger partial charge in [0.1, 0.15) is 6.61 Å². The van der Waals surface area contributed by atoms with E-state index in [1.54, 1.807) is 17.9 Å². The smallest absolute Gasteiger partial charge is 0.413 e. The monoisotopic (exact) mass is 450 g/mol. The van der Waals surface area contributed by atoms with Crippen molar-refractivity contribution in [1.29, 1.82) is 0 Å². The number of allylic oxidation sites excluding steroid dienone is 1. The molecule has 0 N–H and O–H groups in total. The van der Waals surface area contributed by atoms with Crippen molar-refractivity contribution >= 4 is 18.6 Å². The number of benzene rings is 1. The highest BCUT2D eigenvalue weighted by Crippen LogP contribution is 2.24. The van der Waals surface area contributed by atoms with E-state index >= 15 is 0 Å². The summed E-state index contributed by atoms with van der Waals surface area (Å²) in [7, 11) is 0. The molecule has 0 radical (unpaired) electrons. The Bertz CT molecular complexity index is 999. The molecule has 0 aliphatic carbocycles. The van der Waals surface area contributed by atoms with E-state index in [-0.39, 0.29) is 18.5 Å². The number of carbonyl (C=O) groups excluding carboxylic acids is 1. The molecule has 0 bridgehead atoms. The number of carbonyl (C=O) groups is 1. The second kappa shape index (κ2) is 10.7. The normalized spacial score (nSPS) is 13.6. The van der Waals surface area contributed by atoms with E-state index in [1.165, 1.54) is 17.2 Å². The van der Waals surface area contributed by atoms with Crippen LogP contribution < -0.4 is 0 Å². The van der Waals surface area contributed by atoms with Crippen molar-refractivity contribution in [3.8, 4) is 5.69 Å². The lowest BCUT2D eigenvalue weighted by Crippen LogP contribution is -2.41. The Kier molecular flexibility index (Phi) is 8.27. The Hall–Kier alpha value is -3.50. The van der Waals surface area contributed by atoms with Gasteiger partial charge in [0.15, 0.2) is 0 Å². The van der Waals surface area contributed by atoms with E-state index in [1.807, 2.05) is 26.0 Å². The van der Waals surface area contributed by atoms with E-state index < -0.39 is 17.8 Å². The molecule has 0 aliphatic rings. The molecule has 1 heterocycles. The summed E-state index contributed by atoms with van der Waals surface area (Å²) < 4.78 is 43.2. The molecule has 2 aromatic rings. The van der Waals surface area contributed by atoms with Crippen molar-refractivity contribution in [3.63, 3.8) is 0 Å². The summed E-state index contributed by atoms with van der Waals surface area (Å²) in [6.45, 7) is 9.93. The number of ether oxygens (including phenoxy) is 1. The Morgan fingerprint density at radius 3 is 2.56 bits per heavy atom. The van der Waals surface area contributed by atoms with Crippen molar-refractivity contribution in [1.82, 2.24) is 19.9 Å². The Morgan fingerprint density at radius 2 is 2.00 bits per heavy atom. The molecule has 1 amide bonds. The van der Waals surface area contributed by atoms with Gasteiger partial charge in [-0.15, -0.1) is 0 Å². The minimum absolute atomic E-state index is 0.0441. The van der Waals surface area contributed by atoms with Crippen LogP contribution in [0, 0.1) is 6.92 Å². The zero-order valence-corrected chi connectivity index (χ0v) is 18.3. The minimum Gasteiger partial charge on any atom is -0.461 e. The number of amidine groups is 1. The molecule has 1 aromatic heterocycles. The first-order valence-corrected chi connectivity index (χ1v) is 9.78.